The van der Waals surface area contributed by atoms with Gasteiger partial charge in [0, 0.05) is 18.2 Å². The summed E-state index contributed by atoms with van der Waals surface area (Å²) in [5.74, 6) is -1.43. The summed E-state index contributed by atoms with van der Waals surface area (Å²) in [7, 11) is 2.52. The lowest BCUT2D eigenvalue weighted by molar-refractivity contribution is -0.121. The van der Waals surface area contributed by atoms with Crippen LogP contribution in [0.25, 0.3) is 0 Å². The van der Waals surface area contributed by atoms with Gasteiger partial charge in [0.15, 0.2) is 0 Å². The van der Waals surface area contributed by atoms with E-state index in [4.69, 9.17) is 9.47 Å². The second-order valence-corrected chi connectivity index (χ2v) is 7.81. The van der Waals surface area contributed by atoms with Crippen LogP contribution in [0.5, 0.6) is 0 Å². The molecule has 0 spiro atoms. The summed E-state index contributed by atoms with van der Waals surface area (Å²) in [6.07, 6.45) is 1.50. The van der Waals surface area contributed by atoms with Crippen molar-refractivity contribution in [2.75, 3.05) is 32.6 Å². The molecule has 0 aromatic heterocycles. The van der Waals surface area contributed by atoms with Crippen LogP contribution in [0.15, 0.2) is 42.5 Å². The Bertz CT molecular complexity index is 930. The van der Waals surface area contributed by atoms with E-state index in [2.05, 4.69) is 41.4 Å². The van der Waals surface area contributed by atoms with Gasteiger partial charge in [0.05, 0.1) is 25.3 Å². The predicted octanol–water partition coefficient (Wildman–Crippen LogP) is 3.42. The third kappa shape index (κ3) is 5.92. The summed E-state index contributed by atoms with van der Waals surface area (Å²) in [6.45, 7) is 4.63. The van der Waals surface area contributed by atoms with E-state index < -0.39 is 11.9 Å². The number of ether oxygens (including phenoxy) is 2. The first-order valence-electron chi connectivity index (χ1n) is 10.3. The maximum Gasteiger partial charge on any atom is 0.337 e. The molecule has 31 heavy (non-hydrogen) atoms. The van der Waals surface area contributed by atoms with Crippen LogP contribution < -0.4 is 5.32 Å². The van der Waals surface area contributed by atoms with Crippen molar-refractivity contribution in [3.05, 3.63) is 64.7 Å². The molecule has 1 saturated heterocycles. The normalized spacial score (nSPS) is 14.7. The number of rotatable bonds is 6. The number of aryl methyl sites for hydroxylation is 1. The number of carbonyl (C=O) groups excluding carboxylic acids is 3. The van der Waals surface area contributed by atoms with Gasteiger partial charge in [-0.3, -0.25) is 9.69 Å². The van der Waals surface area contributed by atoms with Crippen LogP contribution in [-0.2, 0) is 20.8 Å². The molecule has 1 aliphatic rings. The van der Waals surface area contributed by atoms with E-state index in [1.54, 1.807) is 0 Å². The fourth-order valence-corrected chi connectivity index (χ4v) is 3.84. The molecule has 164 valence electrons. The number of carbonyl (C=O) groups is 3. The first-order valence-corrected chi connectivity index (χ1v) is 10.3. The standard InChI is InChI=1S/C24H28N2O5/c1-16-5-4-6-17(11-16)15-26-9-7-18(8-10-26)22(27)25-21-13-19(23(28)30-2)12-20(14-21)24(29)31-3/h4-6,11-14,18H,7-10,15H2,1-3H3,(H,25,27). The Morgan fingerprint density at radius 2 is 1.58 bits per heavy atom. The molecule has 0 radical (unpaired) electrons. The molecule has 7 heteroatoms. The molecule has 1 aliphatic heterocycles. The Labute approximate surface area is 182 Å². The highest BCUT2D eigenvalue weighted by Gasteiger charge is 2.25. The van der Waals surface area contributed by atoms with Crippen molar-refractivity contribution in [3.63, 3.8) is 0 Å². The second-order valence-electron chi connectivity index (χ2n) is 7.81. The minimum absolute atomic E-state index is 0.118. The van der Waals surface area contributed by atoms with E-state index in [1.807, 2.05) is 0 Å². The zero-order chi connectivity index (χ0) is 22.4. The quantitative estimate of drug-likeness (QED) is 0.716. The van der Waals surface area contributed by atoms with Crippen molar-refractivity contribution in [3.8, 4) is 0 Å². The topological polar surface area (TPSA) is 84.9 Å². The second kappa shape index (κ2) is 10.2. The van der Waals surface area contributed by atoms with Crippen molar-refractivity contribution in [1.29, 1.82) is 0 Å². The van der Waals surface area contributed by atoms with Gasteiger partial charge in [0.2, 0.25) is 5.91 Å². The van der Waals surface area contributed by atoms with Crippen LogP contribution in [0.4, 0.5) is 5.69 Å². The predicted molar refractivity (Wildman–Crippen MR) is 117 cm³/mol. The highest BCUT2D eigenvalue weighted by molar-refractivity contribution is 5.99. The number of hydrogen-bond donors (Lipinski definition) is 1. The summed E-state index contributed by atoms with van der Waals surface area (Å²) < 4.78 is 9.48. The highest BCUT2D eigenvalue weighted by Crippen LogP contribution is 2.23. The van der Waals surface area contributed by atoms with Crippen LogP contribution in [-0.4, -0.2) is 50.1 Å². The molecule has 0 atom stereocenters. The minimum atomic E-state index is -0.592. The SMILES string of the molecule is COC(=O)c1cc(NC(=O)C2CCN(Cc3cccc(C)c3)CC2)cc(C(=O)OC)c1. The maximum absolute atomic E-state index is 12.8. The number of methoxy groups -OCH3 is 2. The molecule has 3 rings (SSSR count). The summed E-state index contributed by atoms with van der Waals surface area (Å²) in [5.41, 5.74) is 3.24. The molecule has 1 amide bonds. The van der Waals surface area contributed by atoms with E-state index in [0.717, 1.165) is 32.5 Å². The van der Waals surface area contributed by atoms with Gasteiger partial charge in [-0.05, 0) is 56.6 Å². The fraction of sp³-hybridized carbons (Fsp3) is 0.375. The number of amides is 1. The van der Waals surface area contributed by atoms with Crippen LogP contribution >= 0.6 is 0 Å². The Hall–Kier alpha value is -3.19. The van der Waals surface area contributed by atoms with Gasteiger partial charge >= 0.3 is 11.9 Å². The molecule has 0 unspecified atom stereocenters. The Morgan fingerprint density at radius 1 is 0.968 bits per heavy atom. The van der Waals surface area contributed by atoms with Crippen LogP contribution in [0, 0.1) is 12.8 Å². The number of nitrogens with zero attached hydrogens (tertiary/aromatic N) is 1. The summed E-state index contributed by atoms with van der Waals surface area (Å²) in [6, 6.07) is 12.9. The lowest BCUT2D eigenvalue weighted by Crippen LogP contribution is -2.37. The Kier molecular flexibility index (Phi) is 7.41. The number of hydrogen-bond acceptors (Lipinski definition) is 6. The van der Waals surface area contributed by atoms with Crippen molar-refractivity contribution in [2.24, 2.45) is 5.92 Å². The van der Waals surface area contributed by atoms with Crippen molar-refractivity contribution in [1.82, 2.24) is 4.90 Å². The lowest BCUT2D eigenvalue weighted by Gasteiger charge is -2.31. The van der Waals surface area contributed by atoms with Crippen molar-refractivity contribution < 1.29 is 23.9 Å². The largest absolute Gasteiger partial charge is 0.465 e. The van der Waals surface area contributed by atoms with Gasteiger partial charge < -0.3 is 14.8 Å². The molecule has 0 bridgehead atoms. The smallest absolute Gasteiger partial charge is 0.337 e. The maximum atomic E-state index is 12.8. The van der Waals surface area contributed by atoms with E-state index in [-0.39, 0.29) is 23.0 Å². The van der Waals surface area contributed by atoms with Gasteiger partial charge in [-0.2, -0.15) is 0 Å². The number of piperidine rings is 1. The van der Waals surface area contributed by atoms with E-state index >= 15 is 0 Å². The fourth-order valence-electron chi connectivity index (χ4n) is 3.84. The van der Waals surface area contributed by atoms with E-state index in [0.29, 0.717) is 5.69 Å². The van der Waals surface area contributed by atoms with E-state index in [1.165, 1.54) is 43.5 Å². The molecule has 0 saturated carbocycles. The monoisotopic (exact) mass is 424 g/mol. The number of likely N-dealkylation sites (tertiary alicyclic amines) is 1. The third-order valence-corrected chi connectivity index (χ3v) is 5.49. The van der Waals surface area contributed by atoms with Gasteiger partial charge in [-0.15, -0.1) is 0 Å². The van der Waals surface area contributed by atoms with Crippen molar-refractivity contribution in [2.45, 2.75) is 26.3 Å². The summed E-state index contributed by atoms with van der Waals surface area (Å²) in [5, 5.41) is 2.85. The lowest BCUT2D eigenvalue weighted by atomic mass is 9.95. The molecular formula is C24H28N2O5. The molecule has 7 nitrogen and oxygen atoms in total. The minimum Gasteiger partial charge on any atom is -0.465 e. The zero-order valence-corrected chi connectivity index (χ0v) is 18.1. The van der Waals surface area contributed by atoms with Crippen LogP contribution in [0.3, 0.4) is 0 Å². The summed E-state index contributed by atoms with van der Waals surface area (Å²) in [4.78, 5) is 39.0. The van der Waals surface area contributed by atoms with Gasteiger partial charge in [-0.25, -0.2) is 9.59 Å². The van der Waals surface area contributed by atoms with Gasteiger partial charge in [0.1, 0.15) is 0 Å². The first kappa shape index (κ1) is 22.5. The Morgan fingerprint density at radius 3 is 2.13 bits per heavy atom. The number of esters is 2. The number of nitrogens with one attached hydrogen (secondary N) is 1. The molecule has 1 heterocycles. The third-order valence-electron chi connectivity index (χ3n) is 5.49. The molecule has 1 fully saturated rings. The molecule has 1 N–H and O–H groups in total. The Balaban J connectivity index is 1.62. The average Bonchev–Trinajstić information content (AvgIpc) is 2.78. The molecular weight excluding hydrogens is 396 g/mol. The van der Waals surface area contributed by atoms with Crippen molar-refractivity contribution >= 4 is 23.5 Å². The van der Waals surface area contributed by atoms with Gasteiger partial charge in [-0.1, -0.05) is 29.8 Å². The van der Waals surface area contributed by atoms with Crippen LogP contribution in [0.2, 0.25) is 0 Å². The first-order chi connectivity index (χ1) is 14.9. The van der Waals surface area contributed by atoms with E-state index in [9.17, 15) is 14.4 Å². The molecule has 2 aromatic rings. The zero-order valence-electron chi connectivity index (χ0n) is 18.1. The molecule has 2 aromatic carbocycles. The molecule has 0 aliphatic carbocycles. The van der Waals surface area contributed by atoms with Gasteiger partial charge in [0.25, 0.3) is 0 Å². The summed E-state index contributed by atoms with van der Waals surface area (Å²) >= 11 is 0. The highest BCUT2D eigenvalue weighted by atomic mass is 16.5. The average molecular weight is 424 g/mol. The number of anilines is 1. The number of benzene rings is 2. The van der Waals surface area contributed by atoms with Crippen LogP contribution in [0.1, 0.15) is 44.7 Å².